The number of hydrogen-bond donors (Lipinski definition) is 2. The summed E-state index contributed by atoms with van der Waals surface area (Å²) in [6.07, 6.45) is 6.68. The molecule has 118 valence electrons. The first-order chi connectivity index (χ1) is 9.63. The Morgan fingerprint density at radius 1 is 1.05 bits per heavy atom. The Morgan fingerprint density at radius 3 is 2.35 bits per heavy atom. The highest BCUT2D eigenvalue weighted by atomic mass is 15.2. The standard InChI is InChI=1S/C16H34N4/c1-17-14-5-7-15(8-6-14)20(4)12-13-11-19(3)10-9-16(13)18-2/h13-18H,5-12H2,1-4H3/t13?,14-,15+,16?. The van der Waals surface area contributed by atoms with Crippen molar-refractivity contribution in [3.63, 3.8) is 0 Å². The van der Waals surface area contributed by atoms with Crippen LogP contribution in [0.1, 0.15) is 32.1 Å². The molecule has 2 rings (SSSR count). The Kier molecular flexibility index (Phi) is 6.27. The van der Waals surface area contributed by atoms with Gasteiger partial charge in [-0.3, -0.25) is 0 Å². The van der Waals surface area contributed by atoms with Gasteiger partial charge >= 0.3 is 0 Å². The highest BCUT2D eigenvalue weighted by molar-refractivity contribution is 4.88. The molecular formula is C16H34N4. The zero-order chi connectivity index (χ0) is 14.5. The van der Waals surface area contributed by atoms with Gasteiger partial charge in [0.05, 0.1) is 0 Å². The van der Waals surface area contributed by atoms with Crippen molar-refractivity contribution < 1.29 is 0 Å². The van der Waals surface area contributed by atoms with Crippen LogP contribution in [-0.2, 0) is 0 Å². The maximum Gasteiger partial charge on any atom is 0.0129 e. The monoisotopic (exact) mass is 282 g/mol. The summed E-state index contributed by atoms with van der Waals surface area (Å²) in [5.74, 6) is 0.769. The van der Waals surface area contributed by atoms with Crippen molar-refractivity contribution in [2.75, 3.05) is 47.8 Å². The fourth-order valence-corrected chi connectivity index (χ4v) is 4.10. The molecule has 0 aromatic carbocycles. The molecule has 0 radical (unpaired) electrons. The van der Waals surface area contributed by atoms with Crippen LogP contribution in [0.3, 0.4) is 0 Å². The van der Waals surface area contributed by atoms with Crippen molar-refractivity contribution in [3.05, 3.63) is 0 Å². The fourth-order valence-electron chi connectivity index (χ4n) is 4.10. The molecule has 1 heterocycles. The number of nitrogens with zero attached hydrogens (tertiary/aromatic N) is 2. The third-order valence-electron chi connectivity index (χ3n) is 5.56. The van der Waals surface area contributed by atoms with Crippen LogP contribution in [0.4, 0.5) is 0 Å². The molecule has 2 atom stereocenters. The summed E-state index contributed by atoms with van der Waals surface area (Å²) < 4.78 is 0. The second kappa shape index (κ2) is 7.74. The van der Waals surface area contributed by atoms with Gasteiger partial charge in [-0.1, -0.05) is 0 Å². The second-order valence-corrected chi connectivity index (χ2v) is 6.94. The van der Waals surface area contributed by atoms with Crippen LogP contribution >= 0.6 is 0 Å². The molecule has 0 aromatic heterocycles. The Bertz CT molecular complexity index is 276. The average molecular weight is 282 g/mol. The van der Waals surface area contributed by atoms with E-state index in [-0.39, 0.29) is 0 Å². The van der Waals surface area contributed by atoms with Crippen molar-refractivity contribution in [2.45, 2.75) is 50.2 Å². The topological polar surface area (TPSA) is 30.5 Å². The molecule has 0 aromatic rings. The van der Waals surface area contributed by atoms with Crippen LogP contribution in [0.5, 0.6) is 0 Å². The van der Waals surface area contributed by atoms with Crippen molar-refractivity contribution in [1.82, 2.24) is 20.4 Å². The molecule has 4 nitrogen and oxygen atoms in total. The second-order valence-electron chi connectivity index (χ2n) is 6.94. The van der Waals surface area contributed by atoms with Crippen molar-refractivity contribution in [3.8, 4) is 0 Å². The van der Waals surface area contributed by atoms with Gasteiger partial charge in [0.2, 0.25) is 0 Å². The Morgan fingerprint density at radius 2 is 1.75 bits per heavy atom. The van der Waals surface area contributed by atoms with Crippen LogP contribution < -0.4 is 10.6 Å². The minimum atomic E-state index is 0.697. The SMILES string of the molecule is CNC1CCN(C)CC1CN(C)[C@H]1CC[C@@H](NC)CC1. The molecule has 4 heteroatoms. The van der Waals surface area contributed by atoms with E-state index < -0.39 is 0 Å². The van der Waals surface area contributed by atoms with Gasteiger partial charge in [-0.2, -0.15) is 0 Å². The number of piperidine rings is 1. The molecule has 1 saturated heterocycles. The van der Waals surface area contributed by atoms with Crippen molar-refractivity contribution in [2.24, 2.45) is 5.92 Å². The van der Waals surface area contributed by atoms with Crippen LogP contribution in [-0.4, -0.2) is 75.8 Å². The van der Waals surface area contributed by atoms with Crippen LogP contribution in [0.2, 0.25) is 0 Å². The first-order valence-electron chi connectivity index (χ1n) is 8.37. The van der Waals surface area contributed by atoms with E-state index in [0.29, 0.717) is 6.04 Å². The predicted molar refractivity (Wildman–Crippen MR) is 86.2 cm³/mol. The molecule has 2 aliphatic rings. The largest absolute Gasteiger partial charge is 0.317 e. The normalized spacial score (nSPS) is 36.5. The lowest BCUT2D eigenvalue weighted by Gasteiger charge is -2.41. The van der Waals surface area contributed by atoms with E-state index in [9.17, 15) is 0 Å². The van der Waals surface area contributed by atoms with E-state index in [2.05, 4.69) is 48.6 Å². The van der Waals surface area contributed by atoms with Gasteiger partial charge in [0.15, 0.2) is 0 Å². The van der Waals surface area contributed by atoms with E-state index in [1.807, 2.05) is 0 Å². The lowest BCUT2D eigenvalue weighted by atomic mass is 9.88. The lowest BCUT2D eigenvalue weighted by molar-refractivity contribution is 0.0984. The van der Waals surface area contributed by atoms with Crippen LogP contribution in [0.25, 0.3) is 0 Å². The first kappa shape index (κ1) is 16.2. The van der Waals surface area contributed by atoms with Crippen LogP contribution in [0.15, 0.2) is 0 Å². The zero-order valence-corrected chi connectivity index (χ0v) is 13.9. The van der Waals surface area contributed by atoms with E-state index in [0.717, 1.165) is 18.0 Å². The minimum absolute atomic E-state index is 0.697. The van der Waals surface area contributed by atoms with Gasteiger partial charge in [-0.25, -0.2) is 0 Å². The van der Waals surface area contributed by atoms with Gasteiger partial charge in [0.1, 0.15) is 0 Å². The Hall–Kier alpha value is -0.160. The number of likely N-dealkylation sites (tertiary alicyclic amines) is 1. The third-order valence-corrected chi connectivity index (χ3v) is 5.56. The Balaban J connectivity index is 1.82. The fraction of sp³-hybridized carbons (Fsp3) is 1.00. The summed E-state index contributed by atoms with van der Waals surface area (Å²) in [5.41, 5.74) is 0. The van der Waals surface area contributed by atoms with Gasteiger partial charge < -0.3 is 20.4 Å². The summed E-state index contributed by atoms with van der Waals surface area (Å²) in [4.78, 5) is 5.13. The molecule has 2 N–H and O–H groups in total. The molecule has 20 heavy (non-hydrogen) atoms. The van der Waals surface area contributed by atoms with E-state index in [1.165, 1.54) is 51.7 Å². The predicted octanol–water partition coefficient (Wildman–Crippen LogP) is 0.989. The highest BCUT2D eigenvalue weighted by Crippen LogP contribution is 2.24. The van der Waals surface area contributed by atoms with Crippen molar-refractivity contribution in [1.29, 1.82) is 0 Å². The minimum Gasteiger partial charge on any atom is -0.317 e. The molecule has 2 unspecified atom stereocenters. The highest BCUT2D eigenvalue weighted by Gasteiger charge is 2.30. The maximum atomic E-state index is 3.54. The summed E-state index contributed by atoms with van der Waals surface area (Å²) in [7, 11) is 8.83. The lowest BCUT2D eigenvalue weighted by Crippen LogP contribution is -2.52. The van der Waals surface area contributed by atoms with Gasteiger partial charge in [0, 0.05) is 31.2 Å². The molecular weight excluding hydrogens is 248 g/mol. The Labute approximate surface area is 125 Å². The molecule has 2 fully saturated rings. The summed E-state index contributed by atoms with van der Waals surface area (Å²) >= 11 is 0. The van der Waals surface area contributed by atoms with Gasteiger partial charge in [-0.15, -0.1) is 0 Å². The molecule has 1 aliphatic carbocycles. The van der Waals surface area contributed by atoms with E-state index in [4.69, 9.17) is 0 Å². The molecule has 0 bridgehead atoms. The maximum absolute atomic E-state index is 3.54. The number of nitrogens with one attached hydrogen (secondary N) is 2. The van der Waals surface area contributed by atoms with Gasteiger partial charge in [0.25, 0.3) is 0 Å². The zero-order valence-electron chi connectivity index (χ0n) is 13.9. The first-order valence-corrected chi connectivity index (χ1v) is 8.37. The quantitative estimate of drug-likeness (QED) is 0.787. The summed E-state index contributed by atoms with van der Waals surface area (Å²) in [5, 5.41) is 6.97. The molecule has 1 saturated carbocycles. The third kappa shape index (κ3) is 4.17. The van der Waals surface area contributed by atoms with Crippen LogP contribution in [0, 0.1) is 5.92 Å². The number of hydrogen-bond acceptors (Lipinski definition) is 4. The van der Waals surface area contributed by atoms with Crippen molar-refractivity contribution >= 4 is 0 Å². The number of rotatable bonds is 5. The van der Waals surface area contributed by atoms with Gasteiger partial charge in [-0.05, 0) is 72.8 Å². The average Bonchev–Trinajstić information content (AvgIpc) is 2.47. The smallest absolute Gasteiger partial charge is 0.0129 e. The van der Waals surface area contributed by atoms with E-state index >= 15 is 0 Å². The van der Waals surface area contributed by atoms with E-state index in [1.54, 1.807) is 0 Å². The summed E-state index contributed by atoms with van der Waals surface area (Å²) in [6.45, 7) is 3.71. The summed E-state index contributed by atoms with van der Waals surface area (Å²) in [6, 6.07) is 2.25. The molecule has 0 amide bonds. The molecule has 1 aliphatic heterocycles. The molecule has 0 spiro atoms.